The summed E-state index contributed by atoms with van der Waals surface area (Å²) >= 11 is 0. The maximum Gasteiger partial charge on any atom is 0.303 e. The van der Waals surface area contributed by atoms with E-state index in [0.29, 0.717) is 6.54 Å². The molecule has 0 amide bonds. The van der Waals surface area contributed by atoms with Crippen molar-refractivity contribution in [3.8, 4) is 5.75 Å². The standard InChI is InChI=1S/C20H22N2O3/c1-14-9-19-20(10-15(14)2)22(13-21-19)11-18(25-16(3)23)12-24-17-7-5-4-6-8-17/h4-10,13,18H,11-12H2,1-3H3/t18-/m1/s1. The molecule has 5 heteroatoms. The smallest absolute Gasteiger partial charge is 0.303 e. The fourth-order valence-corrected chi connectivity index (χ4v) is 2.74. The van der Waals surface area contributed by atoms with Crippen LogP contribution in [0.3, 0.4) is 0 Å². The van der Waals surface area contributed by atoms with Gasteiger partial charge in [0.1, 0.15) is 12.4 Å². The Morgan fingerprint density at radius 3 is 2.60 bits per heavy atom. The van der Waals surface area contributed by atoms with Crippen LogP contribution in [-0.2, 0) is 16.1 Å². The van der Waals surface area contributed by atoms with Gasteiger partial charge in [0.2, 0.25) is 0 Å². The van der Waals surface area contributed by atoms with E-state index in [0.717, 1.165) is 16.8 Å². The second kappa shape index (κ2) is 7.38. The van der Waals surface area contributed by atoms with Crippen molar-refractivity contribution in [2.24, 2.45) is 0 Å². The second-order valence-corrected chi connectivity index (χ2v) is 6.18. The molecule has 0 aliphatic carbocycles. The quantitative estimate of drug-likeness (QED) is 0.644. The highest BCUT2D eigenvalue weighted by atomic mass is 16.6. The van der Waals surface area contributed by atoms with E-state index in [2.05, 4.69) is 31.0 Å². The molecule has 1 atom stereocenters. The van der Waals surface area contributed by atoms with Gasteiger partial charge in [-0.25, -0.2) is 4.98 Å². The molecule has 0 N–H and O–H groups in total. The van der Waals surface area contributed by atoms with E-state index in [1.165, 1.54) is 18.1 Å². The van der Waals surface area contributed by atoms with Gasteiger partial charge in [0.05, 0.1) is 23.9 Å². The van der Waals surface area contributed by atoms with Crippen LogP contribution in [0.1, 0.15) is 18.1 Å². The molecule has 2 aromatic carbocycles. The predicted molar refractivity (Wildman–Crippen MR) is 96.7 cm³/mol. The molecule has 0 unspecified atom stereocenters. The Hall–Kier alpha value is -2.82. The normalized spacial score (nSPS) is 12.1. The van der Waals surface area contributed by atoms with Crippen LogP contribution in [0.2, 0.25) is 0 Å². The molecule has 25 heavy (non-hydrogen) atoms. The van der Waals surface area contributed by atoms with Gasteiger partial charge >= 0.3 is 5.97 Å². The molecule has 0 aliphatic rings. The Bertz CT molecular complexity index is 871. The Morgan fingerprint density at radius 1 is 1.16 bits per heavy atom. The van der Waals surface area contributed by atoms with Crippen molar-refractivity contribution in [1.82, 2.24) is 9.55 Å². The van der Waals surface area contributed by atoms with Gasteiger partial charge in [-0.05, 0) is 49.2 Å². The number of benzene rings is 2. The molecule has 1 aromatic heterocycles. The number of hydrogen-bond acceptors (Lipinski definition) is 4. The third kappa shape index (κ3) is 4.18. The second-order valence-electron chi connectivity index (χ2n) is 6.18. The van der Waals surface area contributed by atoms with Gasteiger partial charge in [0, 0.05) is 6.92 Å². The maximum atomic E-state index is 11.5. The predicted octanol–water partition coefficient (Wildman–Crippen LogP) is 3.66. The van der Waals surface area contributed by atoms with Gasteiger partial charge in [0.25, 0.3) is 0 Å². The molecule has 3 aromatic rings. The zero-order valence-corrected chi connectivity index (χ0v) is 14.7. The number of aryl methyl sites for hydroxylation is 2. The summed E-state index contributed by atoms with van der Waals surface area (Å²) in [4.78, 5) is 15.9. The Balaban J connectivity index is 1.78. The van der Waals surface area contributed by atoms with Crippen LogP contribution in [-0.4, -0.2) is 28.2 Å². The summed E-state index contributed by atoms with van der Waals surface area (Å²) in [6.45, 7) is 6.34. The lowest BCUT2D eigenvalue weighted by Crippen LogP contribution is -2.28. The van der Waals surface area contributed by atoms with E-state index in [1.807, 2.05) is 34.9 Å². The third-order valence-corrected chi connectivity index (χ3v) is 4.15. The SMILES string of the molecule is CC(=O)O[C@@H](COc1ccccc1)Cn1cnc2cc(C)c(C)cc21. The molecule has 0 saturated heterocycles. The fraction of sp³-hybridized carbons (Fsp3) is 0.300. The molecular formula is C20H22N2O3. The number of para-hydroxylation sites is 1. The highest BCUT2D eigenvalue weighted by Gasteiger charge is 2.16. The number of aromatic nitrogens is 2. The van der Waals surface area contributed by atoms with Crippen LogP contribution in [0.4, 0.5) is 0 Å². The number of carbonyl (C=O) groups excluding carboxylic acids is 1. The summed E-state index contributed by atoms with van der Waals surface area (Å²) < 4.78 is 13.2. The molecule has 0 radical (unpaired) electrons. The molecule has 0 saturated carbocycles. The summed E-state index contributed by atoms with van der Waals surface area (Å²) in [6, 6.07) is 13.7. The Labute approximate surface area is 147 Å². The summed E-state index contributed by atoms with van der Waals surface area (Å²) in [6.07, 6.45) is 1.39. The number of ether oxygens (including phenoxy) is 2. The average molecular weight is 338 g/mol. The first kappa shape index (κ1) is 17.0. The monoisotopic (exact) mass is 338 g/mol. The van der Waals surface area contributed by atoms with E-state index >= 15 is 0 Å². The molecule has 0 fully saturated rings. The number of nitrogens with zero attached hydrogens (tertiary/aromatic N) is 2. The molecule has 130 valence electrons. The number of rotatable bonds is 6. The number of hydrogen-bond donors (Lipinski definition) is 0. The number of esters is 1. The lowest BCUT2D eigenvalue weighted by molar-refractivity contribution is -0.148. The number of fused-ring (bicyclic) bond motifs is 1. The zero-order valence-electron chi connectivity index (χ0n) is 14.7. The van der Waals surface area contributed by atoms with Crippen molar-refractivity contribution in [3.63, 3.8) is 0 Å². The summed E-state index contributed by atoms with van der Waals surface area (Å²) in [5, 5.41) is 0. The van der Waals surface area contributed by atoms with Crippen LogP contribution in [0.5, 0.6) is 5.75 Å². The van der Waals surface area contributed by atoms with Crippen LogP contribution >= 0.6 is 0 Å². The van der Waals surface area contributed by atoms with E-state index in [9.17, 15) is 4.79 Å². The van der Waals surface area contributed by atoms with Crippen molar-refractivity contribution in [2.45, 2.75) is 33.4 Å². The fourth-order valence-electron chi connectivity index (χ4n) is 2.74. The number of imidazole rings is 1. The minimum atomic E-state index is -0.392. The van der Waals surface area contributed by atoms with Crippen molar-refractivity contribution < 1.29 is 14.3 Å². The van der Waals surface area contributed by atoms with Crippen LogP contribution in [0, 0.1) is 13.8 Å². The Kier molecular flexibility index (Phi) is 5.03. The molecule has 1 heterocycles. The molecule has 3 rings (SSSR count). The van der Waals surface area contributed by atoms with Crippen molar-refractivity contribution >= 4 is 17.0 Å². The number of carbonyl (C=O) groups is 1. The van der Waals surface area contributed by atoms with Gasteiger partial charge in [0.15, 0.2) is 6.10 Å². The first-order valence-electron chi connectivity index (χ1n) is 8.30. The summed E-state index contributed by atoms with van der Waals surface area (Å²) in [5.74, 6) is 0.430. The van der Waals surface area contributed by atoms with E-state index in [-0.39, 0.29) is 12.6 Å². The van der Waals surface area contributed by atoms with E-state index in [1.54, 1.807) is 6.33 Å². The highest BCUT2D eigenvalue weighted by Crippen LogP contribution is 2.19. The van der Waals surface area contributed by atoms with E-state index < -0.39 is 6.10 Å². The van der Waals surface area contributed by atoms with Gasteiger partial charge in [-0.2, -0.15) is 0 Å². The Morgan fingerprint density at radius 2 is 1.88 bits per heavy atom. The topological polar surface area (TPSA) is 53.4 Å². The third-order valence-electron chi connectivity index (χ3n) is 4.15. The minimum absolute atomic E-state index is 0.286. The van der Waals surface area contributed by atoms with Crippen LogP contribution < -0.4 is 4.74 Å². The lowest BCUT2D eigenvalue weighted by Gasteiger charge is -2.19. The summed E-state index contributed by atoms with van der Waals surface area (Å²) in [5.41, 5.74) is 4.38. The molecule has 5 nitrogen and oxygen atoms in total. The first-order valence-corrected chi connectivity index (χ1v) is 8.30. The van der Waals surface area contributed by atoms with Gasteiger partial charge in [-0.15, -0.1) is 0 Å². The molecular weight excluding hydrogens is 316 g/mol. The van der Waals surface area contributed by atoms with Crippen LogP contribution in [0.25, 0.3) is 11.0 Å². The largest absolute Gasteiger partial charge is 0.490 e. The summed E-state index contributed by atoms with van der Waals surface area (Å²) in [7, 11) is 0. The lowest BCUT2D eigenvalue weighted by atomic mass is 10.1. The minimum Gasteiger partial charge on any atom is -0.490 e. The van der Waals surface area contributed by atoms with Gasteiger partial charge < -0.3 is 14.0 Å². The zero-order chi connectivity index (χ0) is 17.8. The molecule has 0 spiro atoms. The average Bonchev–Trinajstić information content (AvgIpc) is 2.95. The van der Waals surface area contributed by atoms with Gasteiger partial charge in [-0.3, -0.25) is 4.79 Å². The molecule has 0 aliphatic heterocycles. The maximum absolute atomic E-state index is 11.5. The van der Waals surface area contributed by atoms with Crippen molar-refractivity contribution in [1.29, 1.82) is 0 Å². The first-order chi connectivity index (χ1) is 12.0. The van der Waals surface area contributed by atoms with E-state index in [4.69, 9.17) is 9.47 Å². The van der Waals surface area contributed by atoms with Crippen molar-refractivity contribution in [3.05, 3.63) is 59.9 Å². The van der Waals surface area contributed by atoms with Gasteiger partial charge in [-0.1, -0.05) is 18.2 Å². The molecule has 0 bridgehead atoms. The highest BCUT2D eigenvalue weighted by molar-refractivity contribution is 5.77. The van der Waals surface area contributed by atoms with Crippen LogP contribution in [0.15, 0.2) is 48.8 Å². The van der Waals surface area contributed by atoms with Crippen molar-refractivity contribution in [2.75, 3.05) is 6.61 Å².